The number of fused-ring (bicyclic) bond motifs is 1. The number of nitrogens with zero attached hydrogens (tertiary/aromatic N) is 3. The van der Waals surface area contributed by atoms with Crippen molar-refractivity contribution in [3.8, 4) is 0 Å². The van der Waals surface area contributed by atoms with Gasteiger partial charge in [-0.05, 0) is 23.6 Å². The number of rotatable bonds is 10. The monoisotopic (exact) mass is 519 g/mol. The lowest BCUT2D eigenvalue weighted by Gasteiger charge is -2.49. The third-order valence-electron chi connectivity index (χ3n) is 5.53. The zero-order valence-corrected chi connectivity index (χ0v) is 21.0. The summed E-state index contributed by atoms with van der Waals surface area (Å²) in [5, 5.41) is 21.5. The third kappa shape index (κ3) is 5.23. The molecular weight excluding hydrogens is 494 g/mol. The maximum atomic E-state index is 12.8. The van der Waals surface area contributed by atoms with Crippen molar-refractivity contribution in [2.24, 2.45) is 0 Å². The quantitative estimate of drug-likeness (QED) is 0.245. The van der Waals surface area contributed by atoms with Gasteiger partial charge in [0.05, 0.1) is 6.42 Å². The Kier molecular flexibility index (Phi) is 7.79. The van der Waals surface area contributed by atoms with Crippen LogP contribution in [0.25, 0.3) is 0 Å². The van der Waals surface area contributed by atoms with Crippen LogP contribution in [-0.2, 0) is 27.2 Å². The second kappa shape index (κ2) is 10.8. The Hall–Kier alpha value is -2.57. The maximum Gasteiger partial charge on any atom is 0.352 e. The Morgan fingerprint density at radius 1 is 1.32 bits per heavy atom. The van der Waals surface area contributed by atoms with Gasteiger partial charge in [0.25, 0.3) is 5.91 Å². The molecule has 1 saturated heterocycles. The van der Waals surface area contributed by atoms with E-state index in [-0.39, 0.29) is 18.0 Å². The van der Waals surface area contributed by atoms with Gasteiger partial charge in [-0.15, -0.1) is 22.0 Å². The van der Waals surface area contributed by atoms with Gasteiger partial charge >= 0.3 is 5.97 Å². The molecule has 4 N–H and O–H groups in total. The molecule has 0 bridgehead atoms. The zero-order valence-electron chi connectivity index (χ0n) is 18.5. The van der Waals surface area contributed by atoms with Gasteiger partial charge in [-0.1, -0.05) is 54.6 Å². The minimum atomic E-state index is -1.14. The van der Waals surface area contributed by atoms with Crippen molar-refractivity contribution in [3.63, 3.8) is 0 Å². The number of β-lactam (4-membered cyclic amide) rings is 1. The van der Waals surface area contributed by atoms with Gasteiger partial charge in [-0.25, -0.2) is 4.79 Å². The van der Waals surface area contributed by atoms with E-state index >= 15 is 0 Å². The van der Waals surface area contributed by atoms with Gasteiger partial charge in [-0.2, -0.15) is 0 Å². The minimum Gasteiger partial charge on any atom is -0.477 e. The number of carbonyl (C=O) groups is 3. The summed E-state index contributed by atoms with van der Waals surface area (Å²) < 4.78 is 0.788. The number of hydrogen-bond donors (Lipinski definition) is 3. The largest absolute Gasteiger partial charge is 0.477 e. The van der Waals surface area contributed by atoms with Gasteiger partial charge < -0.3 is 16.2 Å². The number of unbranched alkanes of at least 4 members (excludes halogenated alkanes) is 1. The van der Waals surface area contributed by atoms with Crippen LogP contribution in [0.5, 0.6) is 0 Å². The second-order valence-corrected chi connectivity index (χ2v) is 11.3. The zero-order chi connectivity index (χ0) is 24.2. The molecule has 34 heavy (non-hydrogen) atoms. The lowest BCUT2D eigenvalue weighted by Crippen LogP contribution is -2.70. The average molecular weight is 520 g/mol. The lowest BCUT2D eigenvalue weighted by molar-refractivity contribution is -0.150. The molecular formula is C22H25N5O4S3. The number of aromatic nitrogens is 2. The van der Waals surface area contributed by atoms with Crippen LogP contribution in [0.15, 0.2) is 39.9 Å². The van der Waals surface area contributed by atoms with E-state index in [0.29, 0.717) is 28.3 Å². The highest BCUT2D eigenvalue weighted by Crippen LogP contribution is 2.41. The first kappa shape index (κ1) is 24.6. The number of nitrogen functional groups attached to an aromatic ring is 1. The first-order valence-corrected chi connectivity index (χ1v) is 13.7. The molecule has 1 aromatic carbocycles. The number of amides is 2. The number of carbonyl (C=O) groups excluding carboxylic acids is 2. The molecule has 0 radical (unpaired) electrons. The van der Waals surface area contributed by atoms with Crippen LogP contribution < -0.4 is 11.1 Å². The van der Waals surface area contributed by atoms with Gasteiger partial charge in [-0.3, -0.25) is 14.5 Å². The number of aryl methyl sites for hydroxylation is 1. The lowest BCUT2D eigenvalue weighted by atomic mass is 10.0. The summed E-state index contributed by atoms with van der Waals surface area (Å²) in [6.07, 6.45) is 3.08. The molecule has 0 spiro atoms. The number of benzene rings is 1. The third-order valence-corrected chi connectivity index (χ3v) is 9.08. The average Bonchev–Trinajstić information content (AvgIpc) is 3.28. The first-order valence-electron chi connectivity index (χ1n) is 10.9. The number of aliphatic carboxylic acids is 1. The van der Waals surface area contributed by atoms with Gasteiger partial charge in [0.1, 0.15) is 22.1 Å². The van der Waals surface area contributed by atoms with Crippen molar-refractivity contribution in [3.05, 3.63) is 46.1 Å². The number of anilines is 1. The van der Waals surface area contributed by atoms with Crippen LogP contribution in [0.3, 0.4) is 0 Å². The Balaban J connectivity index is 1.40. The number of nitrogens with one attached hydrogen (secondary N) is 1. The maximum absolute atomic E-state index is 12.8. The Morgan fingerprint density at radius 2 is 2.12 bits per heavy atom. The fourth-order valence-electron chi connectivity index (χ4n) is 3.76. The Bertz CT molecular complexity index is 1140. The number of nitrogens with two attached hydrogens (primary N) is 1. The van der Waals surface area contributed by atoms with Crippen molar-refractivity contribution >= 4 is 58.3 Å². The van der Waals surface area contributed by atoms with E-state index < -0.39 is 23.3 Å². The molecule has 0 saturated carbocycles. The fourth-order valence-corrected chi connectivity index (χ4v) is 7.18. The van der Waals surface area contributed by atoms with Crippen LogP contribution in [0.2, 0.25) is 0 Å². The highest BCUT2D eigenvalue weighted by Gasteiger charge is 2.54. The van der Waals surface area contributed by atoms with Gasteiger partial charge in [0.15, 0.2) is 4.34 Å². The molecule has 9 nitrogen and oxygen atoms in total. The molecule has 1 aromatic heterocycles. The summed E-state index contributed by atoms with van der Waals surface area (Å²) in [6, 6.07) is 6.31. The van der Waals surface area contributed by atoms with E-state index in [1.54, 1.807) is 24.3 Å². The first-order chi connectivity index (χ1) is 16.4. The summed E-state index contributed by atoms with van der Waals surface area (Å²) in [5.74, 6) is -1.00. The molecule has 12 heteroatoms. The van der Waals surface area contributed by atoms with E-state index in [0.717, 1.165) is 28.6 Å². The highest BCUT2D eigenvalue weighted by molar-refractivity contribution is 8.01. The molecule has 0 aliphatic carbocycles. The topological polar surface area (TPSA) is 139 Å². The number of para-hydroxylation sites is 1. The summed E-state index contributed by atoms with van der Waals surface area (Å²) in [5.41, 5.74) is 7.77. The summed E-state index contributed by atoms with van der Waals surface area (Å²) >= 11 is 4.41. The second-order valence-electron chi connectivity index (χ2n) is 7.94. The summed E-state index contributed by atoms with van der Waals surface area (Å²) in [7, 11) is 0. The molecule has 180 valence electrons. The molecule has 3 heterocycles. The van der Waals surface area contributed by atoms with Crippen molar-refractivity contribution in [2.75, 3.05) is 17.2 Å². The van der Waals surface area contributed by atoms with Crippen LogP contribution in [0.4, 0.5) is 5.69 Å². The molecule has 1 unspecified atom stereocenters. The molecule has 2 aromatic rings. The molecule has 2 aliphatic rings. The molecule has 4 rings (SSSR count). The molecule has 2 aliphatic heterocycles. The number of carboxylic acids is 1. The Morgan fingerprint density at radius 3 is 2.85 bits per heavy atom. The smallest absolute Gasteiger partial charge is 0.352 e. The van der Waals surface area contributed by atoms with Crippen LogP contribution in [0.1, 0.15) is 30.3 Å². The summed E-state index contributed by atoms with van der Waals surface area (Å²) in [6.45, 7) is 2.12. The van der Waals surface area contributed by atoms with Crippen LogP contribution in [-0.4, -0.2) is 60.9 Å². The predicted molar refractivity (Wildman–Crippen MR) is 133 cm³/mol. The molecule has 1 fully saturated rings. The fraction of sp³-hybridized carbons (Fsp3) is 0.409. The number of thioether (sulfide) groups is 2. The Labute approximate surface area is 209 Å². The van der Waals surface area contributed by atoms with E-state index in [1.807, 2.05) is 0 Å². The normalized spacial score (nSPS) is 19.6. The van der Waals surface area contributed by atoms with Crippen LogP contribution >= 0.6 is 34.9 Å². The standard InChI is InChI=1S/C22H25N5O4S3/c1-2-3-8-16-25-26-22(34-16)33-11-13-10-32-20-17(19(29)27(20)18(13)21(30)31)24-15(28)9-12-6-4-5-7-14(12)23/h4-7,17,20H,2-3,8-11,23H2,1H3,(H,24,28)(H,30,31)/t17?,20-/m1/s1. The van der Waals surface area contributed by atoms with E-state index in [2.05, 4.69) is 22.4 Å². The van der Waals surface area contributed by atoms with Gasteiger partial charge in [0.2, 0.25) is 5.91 Å². The van der Waals surface area contributed by atoms with Gasteiger partial charge in [0, 0.05) is 23.6 Å². The van der Waals surface area contributed by atoms with Crippen LogP contribution in [0, 0.1) is 0 Å². The van der Waals surface area contributed by atoms with Crippen molar-refractivity contribution in [2.45, 2.75) is 48.4 Å². The number of carboxylic acid groups (broad SMARTS) is 1. The van der Waals surface area contributed by atoms with Crippen molar-refractivity contribution in [1.82, 2.24) is 20.4 Å². The van der Waals surface area contributed by atoms with Crippen molar-refractivity contribution in [1.29, 1.82) is 0 Å². The predicted octanol–water partition coefficient (Wildman–Crippen LogP) is 2.54. The summed E-state index contributed by atoms with van der Waals surface area (Å²) in [4.78, 5) is 38.7. The number of hydrogen-bond acceptors (Lipinski definition) is 9. The molecule has 2 amide bonds. The minimum absolute atomic E-state index is 0.00905. The van der Waals surface area contributed by atoms with E-state index in [4.69, 9.17) is 5.73 Å². The van der Waals surface area contributed by atoms with E-state index in [1.165, 1.54) is 39.8 Å². The molecule has 2 atom stereocenters. The van der Waals surface area contributed by atoms with E-state index in [9.17, 15) is 19.5 Å². The van der Waals surface area contributed by atoms with Crippen molar-refractivity contribution < 1.29 is 19.5 Å². The highest BCUT2D eigenvalue weighted by atomic mass is 32.2. The SMILES string of the molecule is CCCCc1nnc(SCC2=C(C(=O)O)N3C(=O)C(NC(=O)Cc4ccccc4N)[C@H]3SC2)s1.